The summed E-state index contributed by atoms with van der Waals surface area (Å²) in [5.41, 5.74) is 14.3. The molecule has 1 aliphatic carbocycles. The highest BCUT2D eigenvalue weighted by atomic mass is 35.5. The summed E-state index contributed by atoms with van der Waals surface area (Å²) in [6, 6.07) is 11.4. The fourth-order valence-corrected chi connectivity index (χ4v) is 4.44. The SMILES string of the molecule is C=CN.CCOc1c(C)cc(C(CN)c2ccc(F)cc2)nc1-c1ccc(C)c(OC(F)(F)C2CC2)c1Cl. The van der Waals surface area contributed by atoms with E-state index >= 15 is 0 Å². The van der Waals surface area contributed by atoms with Crippen LogP contribution in [0, 0.1) is 25.6 Å². The molecule has 1 atom stereocenters. The first-order valence-electron chi connectivity index (χ1n) is 12.4. The molecule has 4 N–H and O–H groups in total. The molecular formula is C29H33ClF3N3O2. The van der Waals surface area contributed by atoms with E-state index in [1.165, 1.54) is 18.3 Å². The van der Waals surface area contributed by atoms with Gasteiger partial charge in [0.25, 0.3) is 0 Å². The average Bonchev–Trinajstić information content (AvgIpc) is 3.72. The monoisotopic (exact) mass is 547 g/mol. The van der Waals surface area contributed by atoms with E-state index in [1.54, 1.807) is 31.2 Å². The molecule has 0 amide bonds. The highest BCUT2D eigenvalue weighted by Crippen LogP contribution is 2.48. The van der Waals surface area contributed by atoms with Crippen LogP contribution in [0.3, 0.4) is 0 Å². The van der Waals surface area contributed by atoms with Gasteiger partial charge in [-0.15, -0.1) is 0 Å². The third-order valence-electron chi connectivity index (χ3n) is 6.17. The van der Waals surface area contributed by atoms with Crippen LogP contribution in [-0.4, -0.2) is 24.2 Å². The number of alkyl halides is 2. The Morgan fingerprint density at radius 1 is 1.13 bits per heavy atom. The molecule has 1 heterocycles. The Hall–Kier alpha value is -3.23. The summed E-state index contributed by atoms with van der Waals surface area (Å²) in [6.07, 6.45) is -1.21. The van der Waals surface area contributed by atoms with Crippen LogP contribution in [0.25, 0.3) is 11.3 Å². The van der Waals surface area contributed by atoms with Gasteiger partial charge in [0.15, 0.2) is 0 Å². The smallest absolute Gasteiger partial charge is 0.400 e. The Morgan fingerprint density at radius 2 is 1.76 bits per heavy atom. The normalized spacial score (nSPS) is 13.8. The van der Waals surface area contributed by atoms with E-state index in [0.29, 0.717) is 47.7 Å². The molecule has 1 aliphatic rings. The molecule has 1 fully saturated rings. The minimum Gasteiger partial charge on any atom is -0.491 e. The predicted octanol–water partition coefficient (Wildman–Crippen LogP) is 7.12. The molecule has 0 radical (unpaired) electrons. The molecule has 0 bridgehead atoms. The highest BCUT2D eigenvalue weighted by Gasteiger charge is 2.50. The van der Waals surface area contributed by atoms with E-state index < -0.39 is 12.0 Å². The quantitative estimate of drug-likeness (QED) is 0.298. The standard InChI is InChI=1S/C27H28ClF3N2O2.C2H5N/c1-4-34-26-16(3)13-22(21(14-32)17-6-10-19(29)11-7-17)33-24(26)20-12-5-15(2)25(23(20)28)35-27(30,31)18-8-9-18;1-2-3/h5-7,10-13,18,21H,4,8-9,14,32H2,1-3H3;2H,1,3H2. The molecule has 2 aromatic carbocycles. The first kappa shape index (κ1) is 29.3. The number of halogens is 4. The summed E-state index contributed by atoms with van der Waals surface area (Å²) in [4.78, 5) is 4.84. The molecule has 4 rings (SSSR count). The molecule has 3 aromatic rings. The molecule has 9 heteroatoms. The lowest BCUT2D eigenvalue weighted by Gasteiger charge is -2.23. The molecular weight excluding hydrogens is 515 g/mol. The summed E-state index contributed by atoms with van der Waals surface area (Å²) in [5.74, 6) is -1.03. The number of ether oxygens (including phenoxy) is 2. The first-order valence-corrected chi connectivity index (χ1v) is 12.7. The summed E-state index contributed by atoms with van der Waals surface area (Å²) >= 11 is 6.68. The molecule has 38 heavy (non-hydrogen) atoms. The largest absolute Gasteiger partial charge is 0.491 e. The van der Waals surface area contributed by atoms with E-state index in [9.17, 15) is 13.2 Å². The van der Waals surface area contributed by atoms with Gasteiger partial charge in [0, 0.05) is 18.0 Å². The second kappa shape index (κ2) is 12.5. The van der Waals surface area contributed by atoms with Crippen molar-refractivity contribution in [3.05, 3.63) is 88.5 Å². The Kier molecular flexibility index (Phi) is 9.68. The van der Waals surface area contributed by atoms with Crippen molar-refractivity contribution >= 4 is 11.6 Å². The molecule has 0 aliphatic heterocycles. The third-order valence-corrected chi connectivity index (χ3v) is 6.55. The number of nitrogens with zero attached hydrogens (tertiary/aromatic N) is 1. The van der Waals surface area contributed by atoms with Crippen LogP contribution in [0.4, 0.5) is 13.2 Å². The number of aryl methyl sites for hydroxylation is 2. The second-order valence-electron chi connectivity index (χ2n) is 9.06. The van der Waals surface area contributed by atoms with Gasteiger partial charge in [0.1, 0.15) is 23.0 Å². The lowest BCUT2D eigenvalue weighted by atomic mass is 9.93. The molecule has 0 spiro atoms. The van der Waals surface area contributed by atoms with E-state index in [2.05, 4.69) is 12.3 Å². The van der Waals surface area contributed by atoms with Gasteiger partial charge in [-0.25, -0.2) is 9.37 Å². The van der Waals surface area contributed by atoms with Gasteiger partial charge in [0.2, 0.25) is 0 Å². The van der Waals surface area contributed by atoms with E-state index in [1.807, 2.05) is 19.9 Å². The van der Waals surface area contributed by atoms with Gasteiger partial charge < -0.3 is 20.9 Å². The van der Waals surface area contributed by atoms with Crippen molar-refractivity contribution in [2.24, 2.45) is 17.4 Å². The van der Waals surface area contributed by atoms with Crippen LogP contribution in [-0.2, 0) is 0 Å². The number of rotatable bonds is 9. The van der Waals surface area contributed by atoms with E-state index in [-0.39, 0.29) is 29.1 Å². The number of nitrogens with two attached hydrogens (primary N) is 2. The first-order chi connectivity index (χ1) is 18.1. The Bertz CT molecular complexity index is 1260. The maximum Gasteiger partial charge on any atom is 0.400 e. The minimum atomic E-state index is -3.30. The molecule has 204 valence electrons. The zero-order valence-corrected chi connectivity index (χ0v) is 22.5. The maximum atomic E-state index is 14.5. The molecule has 1 aromatic heterocycles. The molecule has 0 saturated heterocycles. The fraction of sp³-hybridized carbons (Fsp3) is 0.345. The van der Waals surface area contributed by atoms with E-state index in [0.717, 1.165) is 11.1 Å². The highest BCUT2D eigenvalue weighted by molar-refractivity contribution is 6.35. The molecule has 1 saturated carbocycles. The van der Waals surface area contributed by atoms with E-state index in [4.69, 9.17) is 31.8 Å². The maximum absolute atomic E-state index is 14.5. The summed E-state index contributed by atoms with van der Waals surface area (Å²) in [6.45, 7) is 9.14. The number of pyridine rings is 1. The van der Waals surface area contributed by atoms with Gasteiger partial charge in [0.05, 0.1) is 23.2 Å². The zero-order valence-electron chi connectivity index (χ0n) is 21.7. The number of hydrogen-bond acceptors (Lipinski definition) is 5. The lowest BCUT2D eigenvalue weighted by molar-refractivity contribution is -0.192. The zero-order chi connectivity index (χ0) is 28.0. The van der Waals surface area contributed by atoms with Crippen LogP contribution >= 0.6 is 11.6 Å². The topological polar surface area (TPSA) is 83.4 Å². The average molecular weight is 548 g/mol. The van der Waals surface area contributed by atoms with Crippen LogP contribution in [0.15, 0.2) is 55.2 Å². The second-order valence-corrected chi connectivity index (χ2v) is 9.44. The van der Waals surface area contributed by atoms with Crippen LogP contribution in [0.2, 0.25) is 5.02 Å². The van der Waals surface area contributed by atoms with Gasteiger partial charge in [-0.1, -0.05) is 42.4 Å². The fourth-order valence-electron chi connectivity index (χ4n) is 4.10. The summed E-state index contributed by atoms with van der Waals surface area (Å²) in [5, 5.41) is 0.0430. The van der Waals surface area contributed by atoms with Crippen LogP contribution < -0.4 is 20.9 Å². The molecule has 1 unspecified atom stereocenters. The van der Waals surface area contributed by atoms with Gasteiger partial charge in [-0.3, -0.25) is 0 Å². The Labute approximate surface area is 226 Å². The van der Waals surface area contributed by atoms with Crippen molar-refractivity contribution in [1.82, 2.24) is 4.98 Å². The van der Waals surface area contributed by atoms with Crippen molar-refractivity contribution in [3.63, 3.8) is 0 Å². The summed E-state index contributed by atoms with van der Waals surface area (Å²) < 4.78 is 53.6. The lowest BCUT2D eigenvalue weighted by Crippen LogP contribution is -2.27. The van der Waals surface area contributed by atoms with Crippen molar-refractivity contribution in [3.8, 4) is 22.8 Å². The van der Waals surface area contributed by atoms with Crippen LogP contribution in [0.1, 0.15) is 48.1 Å². The number of aromatic nitrogens is 1. The van der Waals surface area contributed by atoms with Crippen molar-refractivity contribution < 1.29 is 22.6 Å². The molecule has 5 nitrogen and oxygen atoms in total. The predicted molar refractivity (Wildman–Crippen MR) is 145 cm³/mol. The Morgan fingerprint density at radius 3 is 2.32 bits per heavy atom. The van der Waals surface area contributed by atoms with Crippen molar-refractivity contribution in [1.29, 1.82) is 0 Å². The number of hydrogen-bond donors (Lipinski definition) is 2. The van der Waals surface area contributed by atoms with Gasteiger partial charge in [-0.05, 0) is 74.7 Å². The van der Waals surface area contributed by atoms with Crippen LogP contribution in [0.5, 0.6) is 11.5 Å². The minimum absolute atomic E-state index is 0.0430. The van der Waals surface area contributed by atoms with Gasteiger partial charge >= 0.3 is 6.11 Å². The van der Waals surface area contributed by atoms with Crippen molar-refractivity contribution in [2.75, 3.05) is 13.2 Å². The van der Waals surface area contributed by atoms with Gasteiger partial charge in [-0.2, -0.15) is 8.78 Å². The Balaban J connectivity index is 0.00000127. The summed E-state index contributed by atoms with van der Waals surface area (Å²) in [7, 11) is 0. The number of benzene rings is 2. The third kappa shape index (κ3) is 6.60. The van der Waals surface area contributed by atoms with Crippen molar-refractivity contribution in [2.45, 2.75) is 45.6 Å².